The van der Waals surface area contributed by atoms with E-state index in [2.05, 4.69) is 0 Å². The van der Waals surface area contributed by atoms with Gasteiger partial charge in [0.15, 0.2) is 5.57 Å². The molecule has 0 radical (unpaired) electrons. The Labute approximate surface area is 100 Å². The Balaban J connectivity index is 5.92. The largest absolute Gasteiger partial charge is 0.459 e. The fourth-order valence-electron chi connectivity index (χ4n) is 0.952. The molecule has 0 saturated heterocycles. The highest BCUT2D eigenvalue weighted by Crippen LogP contribution is 2.41. The molecule has 0 rings (SSSR count). The molecule has 1 N–H and O–H groups in total. The molecule has 0 amide bonds. The Bertz CT molecular complexity index is 412. The zero-order valence-corrected chi connectivity index (χ0v) is 9.78. The number of hydrogen-bond donors (Lipinski definition) is 1. The minimum atomic E-state index is -5.89. The van der Waals surface area contributed by atoms with Crippen molar-refractivity contribution in [3.63, 3.8) is 0 Å². The van der Waals surface area contributed by atoms with Gasteiger partial charge in [-0.1, -0.05) is 0 Å². The molecule has 0 aliphatic heterocycles. The second-order valence-electron chi connectivity index (χ2n) is 4.42. The van der Waals surface area contributed by atoms with Crippen molar-refractivity contribution >= 4 is 0 Å². The van der Waals surface area contributed by atoms with E-state index in [1.807, 2.05) is 5.32 Å². The maximum Gasteiger partial charge on any atom is 0.459 e. The van der Waals surface area contributed by atoms with Gasteiger partial charge < -0.3 is 5.32 Å². The van der Waals surface area contributed by atoms with Crippen molar-refractivity contribution in [3.05, 3.63) is 11.3 Å². The molecule has 0 spiro atoms. The van der Waals surface area contributed by atoms with Gasteiger partial charge in [-0.25, -0.2) is 0 Å². The third kappa shape index (κ3) is 3.59. The van der Waals surface area contributed by atoms with E-state index in [1.54, 1.807) is 0 Å². The topological polar surface area (TPSA) is 59.6 Å². The van der Waals surface area contributed by atoms with Crippen LogP contribution in [0.4, 0.5) is 22.0 Å². The summed E-state index contributed by atoms with van der Waals surface area (Å²) in [6, 6.07) is 2.06. The average Bonchev–Trinajstić information content (AvgIpc) is 2.14. The third-order valence-electron chi connectivity index (χ3n) is 1.64. The van der Waals surface area contributed by atoms with Crippen molar-refractivity contribution in [2.45, 2.75) is 38.4 Å². The van der Waals surface area contributed by atoms with Gasteiger partial charge in [-0.05, 0) is 20.8 Å². The molecule has 18 heavy (non-hydrogen) atoms. The molecule has 3 nitrogen and oxygen atoms in total. The van der Waals surface area contributed by atoms with Crippen molar-refractivity contribution in [3.8, 4) is 12.1 Å². The standard InChI is InChI=1S/C10H10F5N3/c1-8(2,3)18-7(6(4-16)5-17)9(11,12)10(13,14)15/h18H,1-3H3. The minimum absolute atomic E-state index is 1.03. The number of alkyl halides is 5. The van der Waals surface area contributed by atoms with Crippen molar-refractivity contribution in [2.24, 2.45) is 0 Å². The fourth-order valence-corrected chi connectivity index (χ4v) is 0.952. The summed E-state index contributed by atoms with van der Waals surface area (Å²) >= 11 is 0. The van der Waals surface area contributed by atoms with E-state index in [0.717, 1.165) is 12.1 Å². The molecule has 0 bridgehead atoms. The van der Waals surface area contributed by atoms with Crippen molar-refractivity contribution in [2.75, 3.05) is 0 Å². The zero-order valence-electron chi connectivity index (χ0n) is 9.78. The van der Waals surface area contributed by atoms with Crippen LogP contribution in [0.15, 0.2) is 11.3 Å². The number of halogens is 5. The van der Waals surface area contributed by atoms with Crippen molar-refractivity contribution in [1.82, 2.24) is 5.32 Å². The Kier molecular flexibility index (Phi) is 4.32. The summed E-state index contributed by atoms with van der Waals surface area (Å²) in [5.41, 5.74) is -4.19. The number of allylic oxidation sites excluding steroid dienone is 2. The van der Waals surface area contributed by atoms with Crippen LogP contribution in [0.3, 0.4) is 0 Å². The number of hydrogen-bond acceptors (Lipinski definition) is 3. The molecule has 0 atom stereocenters. The lowest BCUT2D eigenvalue weighted by Crippen LogP contribution is -2.49. The van der Waals surface area contributed by atoms with Crippen molar-refractivity contribution in [1.29, 1.82) is 10.5 Å². The molecule has 8 heteroatoms. The summed E-state index contributed by atoms with van der Waals surface area (Å²) in [6.45, 7) is 3.98. The number of nitriles is 2. The highest BCUT2D eigenvalue weighted by atomic mass is 19.4. The fraction of sp³-hybridized carbons (Fsp3) is 0.600. The van der Waals surface area contributed by atoms with Crippen LogP contribution in [-0.2, 0) is 0 Å². The van der Waals surface area contributed by atoms with Crippen LogP contribution in [0.2, 0.25) is 0 Å². The highest BCUT2D eigenvalue weighted by Gasteiger charge is 2.61. The van der Waals surface area contributed by atoms with Crippen LogP contribution in [0.5, 0.6) is 0 Å². The lowest BCUT2D eigenvalue weighted by atomic mass is 10.0. The summed E-state index contributed by atoms with van der Waals surface area (Å²) in [7, 11) is 0. The maximum absolute atomic E-state index is 13.2. The summed E-state index contributed by atoms with van der Waals surface area (Å²) < 4.78 is 63.1. The minimum Gasteiger partial charge on any atom is -0.377 e. The van der Waals surface area contributed by atoms with E-state index in [9.17, 15) is 22.0 Å². The van der Waals surface area contributed by atoms with Gasteiger partial charge in [-0.2, -0.15) is 32.5 Å². The first-order valence-electron chi connectivity index (χ1n) is 4.64. The van der Waals surface area contributed by atoms with Crippen LogP contribution in [0.25, 0.3) is 0 Å². The summed E-state index contributed by atoms with van der Waals surface area (Å²) in [5.74, 6) is -5.29. The van der Waals surface area contributed by atoms with E-state index in [-0.39, 0.29) is 0 Å². The van der Waals surface area contributed by atoms with Crippen LogP contribution < -0.4 is 5.32 Å². The predicted octanol–water partition coefficient (Wildman–Crippen LogP) is 2.87. The Hall–Kier alpha value is -1.83. The molecular weight excluding hydrogens is 257 g/mol. The monoisotopic (exact) mass is 267 g/mol. The Morgan fingerprint density at radius 2 is 1.33 bits per heavy atom. The van der Waals surface area contributed by atoms with Gasteiger partial charge in [0.1, 0.15) is 17.8 Å². The quantitative estimate of drug-likeness (QED) is 0.618. The lowest BCUT2D eigenvalue weighted by molar-refractivity contribution is -0.266. The van der Waals surface area contributed by atoms with Gasteiger partial charge in [-0.3, -0.25) is 0 Å². The Morgan fingerprint density at radius 1 is 0.944 bits per heavy atom. The normalized spacial score (nSPS) is 12.3. The molecule has 0 fully saturated rings. The first-order valence-corrected chi connectivity index (χ1v) is 4.64. The molecule has 0 aliphatic rings. The van der Waals surface area contributed by atoms with Gasteiger partial charge in [0.25, 0.3) is 0 Å². The van der Waals surface area contributed by atoms with Crippen LogP contribution in [-0.4, -0.2) is 17.6 Å². The second-order valence-corrected chi connectivity index (χ2v) is 4.42. The van der Waals surface area contributed by atoms with E-state index in [0.29, 0.717) is 0 Å². The maximum atomic E-state index is 13.2. The van der Waals surface area contributed by atoms with Gasteiger partial charge in [0.2, 0.25) is 0 Å². The van der Waals surface area contributed by atoms with E-state index in [4.69, 9.17) is 10.5 Å². The van der Waals surface area contributed by atoms with E-state index in [1.165, 1.54) is 20.8 Å². The van der Waals surface area contributed by atoms with Crippen LogP contribution in [0.1, 0.15) is 20.8 Å². The van der Waals surface area contributed by atoms with Gasteiger partial charge in [0.05, 0.1) is 0 Å². The second kappa shape index (κ2) is 4.81. The predicted molar refractivity (Wildman–Crippen MR) is 52.1 cm³/mol. The lowest BCUT2D eigenvalue weighted by Gasteiger charge is -2.30. The zero-order chi connectivity index (χ0) is 14.8. The number of nitrogens with zero attached hydrogens (tertiary/aromatic N) is 2. The molecule has 0 aromatic heterocycles. The first kappa shape index (κ1) is 16.2. The van der Waals surface area contributed by atoms with E-state index >= 15 is 0 Å². The number of nitrogens with one attached hydrogen (secondary N) is 1. The summed E-state index contributed by atoms with van der Waals surface area (Å²) in [4.78, 5) is 0. The van der Waals surface area contributed by atoms with Gasteiger partial charge in [-0.15, -0.1) is 0 Å². The van der Waals surface area contributed by atoms with Crippen LogP contribution in [0, 0.1) is 22.7 Å². The molecule has 0 unspecified atom stereocenters. The van der Waals surface area contributed by atoms with Gasteiger partial charge in [0, 0.05) is 5.54 Å². The molecule has 0 aromatic rings. The molecule has 0 aliphatic carbocycles. The highest BCUT2D eigenvalue weighted by molar-refractivity contribution is 5.43. The molecule has 100 valence electrons. The first-order chi connectivity index (χ1) is 7.86. The molecule has 0 saturated carbocycles. The summed E-state index contributed by atoms with van der Waals surface area (Å²) in [6.07, 6.45) is -5.89. The molecule has 0 heterocycles. The molecular formula is C10H10F5N3. The van der Waals surface area contributed by atoms with Crippen LogP contribution >= 0.6 is 0 Å². The summed E-state index contributed by atoms with van der Waals surface area (Å²) in [5, 5.41) is 18.8. The Morgan fingerprint density at radius 3 is 1.56 bits per heavy atom. The SMILES string of the molecule is CC(C)(C)NC(=C(C#N)C#N)C(F)(F)C(F)(F)F. The smallest absolute Gasteiger partial charge is 0.377 e. The third-order valence-corrected chi connectivity index (χ3v) is 1.64. The van der Waals surface area contributed by atoms with E-state index < -0.39 is 28.9 Å². The number of rotatable bonds is 2. The average molecular weight is 267 g/mol. The van der Waals surface area contributed by atoms with Gasteiger partial charge >= 0.3 is 12.1 Å². The molecule has 0 aromatic carbocycles. The van der Waals surface area contributed by atoms with Crippen molar-refractivity contribution < 1.29 is 22.0 Å².